The van der Waals surface area contributed by atoms with Crippen molar-refractivity contribution in [2.75, 3.05) is 11.5 Å². The number of nitrogens with two attached hydrogens (primary N) is 1. The van der Waals surface area contributed by atoms with Gasteiger partial charge in [-0.3, -0.25) is 14.7 Å². The number of nitrogens with zero attached hydrogens (tertiary/aromatic N) is 1. The lowest BCUT2D eigenvalue weighted by atomic mass is 10.3. The van der Waals surface area contributed by atoms with Gasteiger partial charge in [-0.25, -0.2) is 0 Å². The number of anilines is 1. The zero-order valence-corrected chi connectivity index (χ0v) is 9.13. The van der Waals surface area contributed by atoms with Crippen molar-refractivity contribution in [2.45, 2.75) is 12.6 Å². The van der Waals surface area contributed by atoms with Crippen molar-refractivity contribution in [3.05, 3.63) is 11.8 Å². The fraction of sp³-hybridized carbons (Fsp3) is 0.375. The van der Waals surface area contributed by atoms with E-state index >= 15 is 0 Å². The van der Waals surface area contributed by atoms with Crippen LogP contribution in [0.5, 0.6) is 0 Å². The molecule has 0 aliphatic carbocycles. The van der Waals surface area contributed by atoms with E-state index in [4.69, 9.17) is 5.73 Å². The van der Waals surface area contributed by atoms with Crippen molar-refractivity contribution in [3.8, 4) is 0 Å². The number of hydrogen-bond acceptors (Lipinski definition) is 5. The van der Waals surface area contributed by atoms with Crippen LogP contribution in [0.4, 0.5) is 10.6 Å². The van der Waals surface area contributed by atoms with Gasteiger partial charge in [0.15, 0.2) is 0 Å². The van der Waals surface area contributed by atoms with Crippen LogP contribution in [0.3, 0.4) is 0 Å². The standard InChI is InChI=1S/C8H11N5O2S/c9-6-4(2-11-13-6)1-10-7(14)5-3-16-8(15)12-5/h2,5H,1,3H2,(H,10,14)(H,12,15)(H3,9,11,13). The molecule has 16 heavy (non-hydrogen) atoms. The Morgan fingerprint density at radius 1 is 1.75 bits per heavy atom. The molecule has 1 fully saturated rings. The lowest BCUT2D eigenvalue weighted by Crippen LogP contribution is -2.42. The molecular weight excluding hydrogens is 230 g/mol. The third kappa shape index (κ3) is 2.27. The number of nitrogens with one attached hydrogen (secondary N) is 3. The van der Waals surface area contributed by atoms with E-state index < -0.39 is 6.04 Å². The fourth-order valence-electron chi connectivity index (χ4n) is 1.29. The van der Waals surface area contributed by atoms with Gasteiger partial charge in [-0.05, 0) is 0 Å². The summed E-state index contributed by atoms with van der Waals surface area (Å²) in [5.74, 6) is 0.690. The summed E-state index contributed by atoms with van der Waals surface area (Å²) in [4.78, 5) is 22.5. The van der Waals surface area contributed by atoms with Crippen LogP contribution in [0.1, 0.15) is 5.56 Å². The second-order valence-electron chi connectivity index (χ2n) is 3.32. The van der Waals surface area contributed by atoms with Crippen LogP contribution in [0, 0.1) is 0 Å². The number of H-pyrrole nitrogens is 1. The van der Waals surface area contributed by atoms with Gasteiger partial charge < -0.3 is 16.4 Å². The molecule has 0 radical (unpaired) electrons. The van der Waals surface area contributed by atoms with E-state index in [1.807, 2.05) is 0 Å². The molecule has 2 heterocycles. The maximum atomic E-state index is 11.6. The van der Waals surface area contributed by atoms with Crippen LogP contribution in [0.25, 0.3) is 0 Å². The molecule has 86 valence electrons. The second kappa shape index (κ2) is 4.44. The quantitative estimate of drug-likeness (QED) is 0.566. The molecule has 1 aliphatic rings. The number of aromatic amines is 1. The molecule has 1 aromatic rings. The first kappa shape index (κ1) is 10.8. The molecule has 2 amide bonds. The van der Waals surface area contributed by atoms with E-state index in [-0.39, 0.29) is 11.1 Å². The van der Waals surface area contributed by atoms with Gasteiger partial charge in [0, 0.05) is 17.9 Å². The Balaban J connectivity index is 1.84. The Kier molecular flexibility index (Phi) is 3.00. The average molecular weight is 241 g/mol. The first-order chi connectivity index (χ1) is 7.66. The highest BCUT2D eigenvalue weighted by atomic mass is 32.2. The molecular formula is C8H11N5O2S. The van der Waals surface area contributed by atoms with Crippen molar-refractivity contribution in [1.82, 2.24) is 20.8 Å². The topological polar surface area (TPSA) is 113 Å². The minimum absolute atomic E-state index is 0.164. The molecule has 0 saturated carbocycles. The normalized spacial score (nSPS) is 19.5. The lowest BCUT2D eigenvalue weighted by Gasteiger charge is -2.09. The monoisotopic (exact) mass is 241 g/mol. The summed E-state index contributed by atoms with van der Waals surface area (Å²) in [6.07, 6.45) is 1.55. The number of thioether (sulfide) groups is 1. The maximum absolute atomic E-state index is 11.6. The molecule has 1 unspecified atom stereocenters. The summed E-state index contributed by atoms with van der Waals surface area (Å²) < 4.78 is 0. The van der Waals surface area contributed by atoms with Crippen molar-refractivity contribution in [2.24, 2.45) is 0 Å². The number of hydrogen-bond donors (Lipinski definition) is 4. The third-order valence-corrected chi connectivity index (χ3v) is 3.07. The van der Waals surface area contributed by atoms with E-state index in [2.05, 4.69) is 20.8 Å². The first-order valence-corrected chi connectivity index (χ1v) is 5.64. The highest BCUT2D eigenvalue weighted by molar-refractivity contribution is 8.14. The maximum Gasteiger partial charge on any atom is 0.279 e. The highest BCUT2D eigenvalue weighted by Gasteiger charge is 2.27. The van der Waals surface area contributed by atoms with Gasteiger partial charge in [0.05, 0.1) is 6.20 Å². The number of carbonyl (C=O) groups is 2. The predicted molar refractivity (Wildman–Crippen MR) is 59.6 cm³/mol. The van der Waals surface area contributed by atoms with Crippen LogP contribution in [-0.4, -0.2) is 33.1 Å². The molecule has 5 N–H and O–H groups in total. The molecule has 1 aliphatic heterocycles. The summed E-state index contributed by atoms with van der Waals surface area (Å²) in [6, 6.07) is -0.453. The number of rotatable bonds is 3. The molecule has 0 bridgehead atoms. The highest BCUT2D eigenvalue weighted by Crippen LogP contribution is 2.13. The van der Waals surface area contributed by atoms with Crippen molar-refractivity contribution >= 4 is 28.7 Å². The number of aromatic nitrogens is 2. The minimum Gasteiger partial charge on any atom is -0.384 e. The summed E-state index contributed by atoms with van der Waals surface area (Å²) in [5, 5.41) is 11.4. The largest absolute Gasteiger partial charge is 0.384 e. The number of amides is 2. The van der Waals surface area contributed by atoms with Crippen LogP contribution in [0.2, 0.25) is 0 Å². The summed E-state index contributed by atoms with van der Waals surface area (Å²) in [6.45, 7) is 0.304. The average Bonchev–Trinajstić information content (AvgIpc) is 2.84. The van der Waals surface area contributed by atoms with Gasteiger partial charge in [-0.1, -0.05) is 11.8 Å². The van der Waals surface area contributed by atoms with E-state index in [1.54, 1.807) is 6.20 Å². The summed E-state index contributed by atoms with van der Waals surface area (Å²) in [5.41, 5.74) is 6.29. The van der Waals surface area contributed by atoms with Gasteiger partial charge in [-0.15, -0.1) is 0 Å². The van der Waals surface area contributed by atoms with Crippen LogP contribution in [0.15, 0.2) is 6.20 Å². The van der Waals surface area contributed by atoms with Gasteiger partial charge in [0.2, 0.25) is 5.91 Å². The Hall–Kier alpha value is -1.70. The SMILES string of the molecule is Nc1[nH]ncc1CNC(=O)C1CSC(=O)N1. The molecule has 0 spiro atoms. The Morgan fingerprint density at radius 3 is 3.12 bits per heavy atom. The number of carbonyl (C=O) groups excluding carboxylic acids is 2. The zero-order chi connectivity index (χ0) is 11.5. The van der Waals surface area contributed by atoms with Crippen molar-refractivity contribution in [3.63, 3.8) is 0 Å². The molecule has 2 rings (SSSR count). The first-order valence-electron chi connectivity index (χ1n) is 4.65. The van der Waals surface area contributed by atoms with E-state index in [0.717, 1.165) is 17.3 Å². The van der Waals surface area contributed by atoms with Crippen LogP contribution >= 0.6 is 11.8 Å². The second-order valence-corrected chi connectivity index (χ2v) is 4.31. The minimum atomic E-state index is -0.453. The van der Waals surface area contributed by atoms with E-state index in [1.165, 1.54) is 0 Å². The Labute approximate surface area is 95.5 Å². The molecule has 8 heteroatoms. The Morgan fingerprint density at radius 2 is 2.56 bits per heavy atom. The molecule has 7 nitrogen and oxygen atoms in total. The molecule has 0 aromatic carbocycles. The summed E-state index contributed by atoms with van der Waals surface area (Å²) in [7, 11) is 0. The van der Waals surface area contributed by atoms with Gasteiger partial charge in [-0.2, -0.15) is 5.10 Å². The molecule has 1 aromatic heterocycles. The van der Waals surface area contributed by atoms with Crippen LogP contribution < -0.4 is 16.4 Å². The molecule has 1 atom stereocenters. The zero-order valence-electron chi connectivity index (χ0n) is 8.32. The van der Waals surface area contributed by atoms with Gasteiger partial charge in [0.1, 0.15) is 11.9 Å². The predicted octanol–water partition coefficient (Wildman–Crippen LogP) is -0.567. The fourth-order valence-corrected chi connectivity index (χ4v) is 2.07. The van der Waals surface area contributed by atoms with Crippen molar-refractivity contribution in [1.29, 1.82) is 0 Å². The van der Waals surface area contributed by atoms with E-state index in [9.17, 15) is 9.59 Å². The van der Waals surface area contributed by atoms with Gasteiger partial charge in [0.25, 0.3) is 5.24 Å². The third-order valence-electron chi connectivity index (χ3n) is 2.19. The molecule has 1 saturated heterocycles. The Bertz CT molecular complexity index is 418. The van der Waals surface area contributed by atoms with Gasteiger partial charge >= 0.3 is 0 Å². The lowest BCUT2D eigenvalue weighted by molar-refractivity contribution is -0.122. The van der Waals surface area contributed by atoms with Crippen LogP contribution in [-0.2, 0) is 11.3 Å². The van der Waals surface area contributed by atoms with Crippen molar-refractivity contribution < 1.29 is 9.59 Å². The van der Waals surface area contributed by atoms with E-state index in [0.29, 0.717) is 18.1 Å². The summed E-state index contributed by atoms with van der Waals surface area (Å²) >= 11 is 1.11. The number of nitrogen functional groups attached to an aromatic ring is 1. The smallest absolute Gasteiger partial charge is 0.279 e.